The number of hydrogen-bond acceptors (Lipinski definition) is 2. The van der Waals surface area contributed by atoms with Gasteiger partial charge in [0, 0.05) is 25.0 Å². The highest BCUT2D eigenvalue weighted by atomic mass is 16.2. The van der Waals surface area contributed by atoms with Crippen molar-refractivity contribution in [2.45, 2.75) is 45.1 Å². The summed E-state index contributed by atoms with van der Waals surface area (Å²) in [5.41, 5.74) is 5.98. The highest BCUT2D eigenvalue weighted by Gasteiger charge is 2.32. The Morgan fingerprint density at radius 3 is 2.47 bits per heavy atom. The largest absolute Gasteiger partial charge is 0.342 e. The van der Waals surface area contributed by atoms with E-state index in [1.54, 1.807) is 0 Å². The molecule has 15 heavy (non-hydrogen) atoms. The fraction of sp³-hybridized carbons (Fsp3) is 0.917. The van der Waals surface area contributed by atoms with Crippen LogP contribution in [-0.4, -0.2) is 29.9 Å². The lowest BCUT2D eigenvalue weighted by molar-refractivity contribution is -0.136. The van der Waals surface area contributed by atoms with E-state index in [-0.39, 0.29) is 12.0 Å². The van der Waals surface area contributed by atoms with Gasteiger partial charge in [-0.15, -0.1) is 0 Å². The summed E-state index contributed by atoms with van der Waals surface area (Å²) in [6, 6.07) is 0.241. The van der Waals surface area contributed by atoms with Gasteiger partial charge in [-0.1, -0.05) is 6.92 Å². The van der Waals surface area contributed by atoms with Gasteiger partial charge in [0.2, 0.25) is 5.91 Å². The lowest BCUT2D eigenvalue weighted by atomic mass is 9.79. The van der Waals surface area contributed by atoms with Crippen molar-refractivity contribution in [3.05, 3.63) is 0 Å². The second-order valence-corrected chi connectivity index (χ2v) is 5.30. The van der Waals surface area contributed by atoms with E-state index in [9.17, 15) is 4.79 Å². The van der Waals surface area contributed by atoms with E-state index in [0.29, 0.717) is 11.8 Å². The van der Waals surface area contributed by atoms with Crippen LogP contribution in [0.15, 0.2) is 0 Å². The van der Waals surface area contributed by atoms with Crippen LogP contribution in [0.3, 0.4) is 0 Å². The number of likely N-dealkylation sites (tertiary alicyclic amines) is 1. The third-order valence-electron chi connectivity index (χ3n) is 3.75. The van der Waals surface area contributed by atoms with Crippen molar-refractivity contribution in [2.75, 3.05) is 13.1 Å². The van der Waals surface area contributed by atoms with Gasteiger partial charge < -0.3 is 10.6 Å². The van der Waals surface area contributed by atoms with Gasteiger partial charge in [0.15, 0.2) is 0 Å². The zero-order chi connectivity index (χ0) is 10.8. The van der Waals surface area contributed by atoms with Crippen LogP contribution in [0.25, 0.3) is 0 Å². The molecule has 86 valence electrons. The summed E-state index contributed by atoms with van der Waals surface area (Å²) in [7, 11) is 0. The van der Waals surface area contributed by atoms with E-state index in [4.69, 9.17) is 5.73 Å². The first-order chi connectivity index (χ1) is 7.16. The lowest BCUT2D eigenvalue weighted by Gasteiger charge is -2.32. The van der Waals surface area contributed by atoms with Crippen molar-refractivity contribution in [1.29, 1.82) is 0 Å². The zero-order valence-corrected chi connectivity index (χ0v) is 9.61. The van der Waals surface area contributed by atoms with Crippen LogP contribution >= 0.6 is 0 Å². The van der Waals surface area contributed by atoms with E-state index in [2.05, 4.69) is 6.92 Å². The average molecular weight is 210 g/mol. The van der Waals surface area contributed by atoms with E-state index >= 15 is 0 Å². The molecule has 3 atom stereocenters. The number of nitrogens with two attached hydrogens (primary N) is 1. The Labute approximate surface area is 92.0 Å². The molecule has 3 nitrogen and oxygen atoms in total. The monoisotopic (exact) mass is 210 g/mol. The quantitative estimate of drug-likeness (QED) is 0.710. The van der Waals surface area contributed by atoms with Gasteiger partial charge in [-0.2, -0.15) is 0 Å². The summed E-state index contributed by atoms with van der Waals surface area (Å²) in [5.74, 6) is 1.20. The van der Waals surface area contributed by atoms with Gasteiger partial charge >= 0.3 is 0 Å². The molecule has 3 unspecified atom stereocenters. The molecule has 0 bridgehead atoms. The molecular formula is C12H22N2O. The molecule has 1 amide bonds. The van der Waals surface area contributed by atoms with E-state index < -0.39 is 0 Å². The van der Waals surface area contributed by atoms with Crippen molar-refractivity contribution >= 4 is 5.91 Å². The molecule has 2 fully saturated rings. The van der Waals surface area contributed by atoms with Crippen molar-refractivity contribution in [3.63, 3.8) is 0 Å². The van der Waals surface area contributed by atoms with Crippen LogP contribution < -0.4 is 5.73 Å². The topological polar surface area (TPSA) is 46.3 Å². The van der Waals surface area contributed by atoms with Crippen LogP contribution in [0.5, 0.6) is 0 Å². The molecule has 0 spiro atoms. The summed E-state index contributed by atoms with van der Waals surface area (Å²) in [6.45, 7) is 4.15. The summed E-state index contributed by atoms with van der Waals surface area (Å²) < 4.78 is 0. The Bertz CT molecular complexity index is 226. The molecule has 1 saturated heterocycles. The SMILES string of the molecule is CC1CC(N)CC(C(=O)N2CCCC2)C1. The minimum absolute atomic E-state index is 0.210. The number of hydrogen-bond donors (Lipinski definition) is 1. The summed E-state index contributed by atoms with van der Waals surface area (Å²) in [4.78, 5) is 14.2. The molecule has 3 heteroatoms. The zero-order valence-electron chi connectivity index (χ0n) is 9.61. The molecule has 1 aliphatic heterocycles. The lowest BCUT2D eigenvalue weighted by Crippen LogP contribution is -2.41. The minimum atomic E-state index is 0.210. The first-order valence-electron chi connectivity index (χ1n) is 6.21. The van der Waals surface area contributed by atoms with Crippen molar-refractivity contribution in [3.8, 4) is 0 Å². The van der Waals surface area contributed by atoms with Crippen LogP contribution in [-0.2, 0) is 4.79 Å². The normalized spacial score (nSPS) is 36.9. The van der Waals surface area contributed by atoms with Crippen molar-refractivity contribution in [2.24, 2.45) is 17.6 Å². The number of carbonyl (C=O) groups excluding carboxylic acids is 1. The number of amides is 1. The van der Waals surface area contributed by atoms with Crippen LogP contribution in [0.1, 0.15) is 39.0 Å². The Morgan fingerprint density at radius 1 is 1.20 bits per heavy atom. The van der Waals surface area contributed by atoms with Gasteiger partial charge in [-0.25, -0.2) is 0 Å². The fourth-order valence-corrected chi connectivity index (χ4v) is 3.05. The number of rotatable bonds is 1. The average Bonchev–Trinajstić information content (AvgIpc) is 2.67. The van der Waals surface area contributed by atoms with Crippen molar-refractivity contribution < 1.29 is 4.79 Å². The summed E-state index contributed by atoms with van der Waals surface area (Å²) in [5, 5.41) is 0. The smallest absolute Gasteiger partial charge is 0.225 e. The molecule has 0 aromatic heterocycles. The Hall–Kier alpha value is -0.570. The van der Waals surface area contributed by atoms with E-state index in [0.717, 1.165) is 32.4 Å². The molecule has 0 aromatic carbocycles. The maximum absolute atomic E-state index is 12.2. The highest BCUT2D eigenvalue weighted by molar-refractivity contribution is 5.79. The predicted molar refractivity (Wildman–Crippen MR) is 60.3 cm³/mol. The third-order valence-corrected chi connectivity index (χ3v) is 3.75. The first kappa shape index (κ1) is 10.9. The Morgan fingerprint density at radius 2 is 1.87 bits per heavy atom. The van der Waals surface area contributed by atoms with E-state index in [1.807, 2.05) is 4.90 Å². The second-order valence-electron chi connectivity index (χ2n) is 5.30. The van der Waals surface area contributed by atoms with E-state index in [1.165, 1.54) is 12.8 Å². The van der Waals surface area contributed by atoms with Crippen LogP contribution in [0.2, 0.25) is 0 Å². The Balaban J connectivity index is 1.93. The predicted octanol–water partition coefficient (Wildman–Crippen LogP) is 1.37. The summed E-state index contributed by atoms with van der Waals surface area (Å²) >= 11 is 0. The molecule has 1 saturated carbocycles. The van der Waals surface area contributed by atoms with Crippen LogP contribution in [0, 0.1) is 11.8 Å². The molecule has 0 aromatic rings. The molecule has 2 aliphatic rings. The molecule has 1 heterocycles. The van der Waals surface area contributed by atoms with Gasteiger partial charge in [0.05, 0.1) is 0 Å². The fourth-order valence-electron chi connectivity index (χ4n) is 3.05. The molecule has 2 rings (SSSR count). The van der Waals surface area contributed by atoms with Gasteiger partial charge in [0.1, 0.15) is 0 Å². The molecule has 2 N–H and O–H groups in total. The van der Waals surface area contributed by atoms with Gasteiger partial charge in [-0.3, -0.25) is 4.79 Å². The maximum atomic E-state index is 12.2. The standard InChI is InChI=1S/C12H22N2O/c1-9-6-10(8-11(13)7-9)12(15)14-4-2-3-5-14/h9-11H,2-8,13H2,1H3. The van der Waals surface area contributed by atoms with Crippen molar-refractivity contribution in [1.82, 2.24) is 4.90 Å². The Kier molecular flexibility index (Phi) is 3.29. The second kappa shape index (κ2) is 4.52. The maximum Gasteiger partial charge on any atom is 0.225 e. The number of carbonyl (C=O) groups is 1. The van der Waals surface area contributed by atoms with Gasteiger partial charge in [0.25, 0.3) is 0 Å². The molecule has 1 aliphatic carbocycles. The first-order valence-corrected chi connectivity index (χ1v) is 6.21. The van der Waals surface area contributed by atoms with Gasteiger partial charge in [-0.05, 0) is 38.0 Å². The third kappa shape index (κ3) is 2.51. The molecular weight excluding hydrogens is 188 g/mol. The minimum Gasteiger partial charge on any atom is -0.342 e. The molecule has 0 radical (unpaired) electrons. The summed E-state index contributed by atoms with van der Waals surface area (Å²) in [6.07, 6.45) is 5.40. The van der Waals surface area contributed by atoms with Crippen LogP contribution in [0.4, 0.5) is 0 Å². The highest BCUT2D eigenvalue weighted by Crippen LogP contribution is 2.30. The number of nitrogens with zero attached hydrogens (tertiary/aromatic N) is 1.